The summed E-state index contributed by atoms with van der Waals surface area (Å²) in [6.45, 7) is 7.53. The van der Waals surface area contributed by atoms with Crippen LogP contribution in [0.1, 0.15) is 11.1 Å². The number of anilines is 2. The van der Waals surface area contributed by atoms with Crippen molar-refractivity contribution in [3.05, 3.63) is 59.7 Å². The second-order valence-corrected chi connectivity index (χ2v) is 6.42. The fraction of sp³-hybridized carbons (Fsp3) is 0.350. The Kier molecular flexibility index (Phi) is 4.74. The summed E-state index contributed by atoms with van der Waals surface area (Å²) >= 11 is 0. The lowest BCUT2D eigenvalue weighted by Gasteiger charge is -2.38. The van der Waals surface area contributed by atoms with Gasteiger partial charge in [-0.3, -0.25) is 4.90 Å². The Labute approximate surface area is 144 Å². The monoisotopic (exact) mass is 323 g/mol. The van der Waals surface area contributed by atoms with E-state index in [1.54, 1.807) is 4.90 Å². The van der Waals surface area contributed by atoms with Gasteiger partial charge in [0, 0.05) is 44.6 Å². The number of piperazine rings is 1. The maximum Gasteiger partial charge on any atom is 0.324 e. The third-order valence-corrected chi connectivity index (χ3v) is 4.84. The molecule has 0 saturated carbocycles. The number of nitrogens with zero attached hydrogens (tertiary/aromatic N) is 3. The van der Waals surface area contributed by atoms with Crippen molar-refractivity contribution in [2.45, 2.75) is 13.8 Å². The Morgan fingerprint density at radius 2 is 1.58 bits per heavy atom. The molecule has 1 fully saturated rings. The largest absolute Gasteiger partial charge is 0.368 e. The highest BCUT2D eigenvalue weighted by Gasteiger charge is 2.24. The second kappa shape index (κ2) is 6.95. The minimum atomic E-state index is 0.0703. The lowest BCUT2D eigenvalue weighted by Crippen LogP contribution is -2.52. The van der Waals surface area contributed by atoms with Crippen molar-refractivity contribution >= 4 is 17.4 Å². The summed E-state index contributed by atoms with van der Waals surface area (Å²) in [4.78, 5) is 18.7. The molecule has 4 heteroatoms. The van der Waals surface area contributed by atoms with Crippen molar-refractivity contribution in [1.82, 2.24) is 4.90 Å². The van der Waals surface area contributed by atoms with Gasteiger partial charge in [0.05, 0.1) is 0 Å². The predicted octanol–water partition coefficient (Wildman–Crippen LogP) is 3.68. The molecule has 0 unspecified atom stereocenters. The number of carbonyl (C=O) groups is 1. The summed E-state index contributed by atoms with van der Waals surface area (Å²) in [7, 11) is 1.84. The third kappa shape index (κ3) is 3.37. The van der Waals surface area contributed by atoms with Crippen molar-refractivity contribution in [1.29, 1.82) is 0 Å². The van der Waals surface area contributed by atoms with Crippen LogP contribution in [0.3, 0.4) is 0 Å². The summed E-state index contributed by atoms with van der Waals surface area (Å²) in [6.07, 6.45) is 0. The third-order valence-electron chi connectivity index (χ3n) is 4.84. The molecule has 1 saturated heterocycles. The summed E-state index contributed by atoms with van der Waals surface area (Å²) < 4.78 is 0. The standard InChI is InChI=1S/C20H25N3O/c1-16-9-10-19(15-17(16)2)22-11-13-23(14-12-22)20(24)21(3)18-7-5-4-6-8-18/h4-10,15H,11-14H2,1-3H3. The Morgan fingerprint density at radius 1 is 0.917 bits per heavy atom. The van der Waals surface area contributed by atoms with Crippen molar-refractivity contribution in [2.75, 3.05) is 43.0 Å². The normalized spacial score (nSPS) is 14.6. The van der Waals surface area contributed by atoms with Crippen LogP contribution in [-0.4, -0.2) is 44.2 Å². The lowest BCUT2D eigenvalue weighted by atomic mass is 10.1. The Balaban J connectivity index is 1.62. The number of hydrogen-bond acceptors (Lipinski definition) is 2. The number of urea groups is 1. The highest BCUT2D eigenvalue weighted by molar-refractivity contribution is 5.91. The number of amides is 2. The van der Waals surface area contributed by atoms with Gasteiger partial charge >= 0.3 is 6.03 Å². The second-order valence-electron chi connectivity index (χ2n) is 6.42. The molecule has 2 amide bonds. The van der Waals surface area contributed by atoms with E-state index >= 15 is 0 Å². The van der Waals surface area contributed by atoms with Gasteiger partial charge in [-0.1, -0.05) is 24.3 Å². The summed E-state index contributed by atoms with van der Waals surface area (Å²) in [5.74, 6) is 0. The van der Waals surface area contributed by atoms with Crippen molar-refractivity contribution < 1.29 is 4.79 Å². The van der Waals surface area contributed by atoms with Gasteiger partial charge in [0.15, 0.2) is 0 Å². The van der Waals surface area contributed by atoms with Gasteiger partial charge in [0.1, 0.15) is 0 Å². The van der Waals surface area contributed by atoms with Crippen LogP contribution in [0.4, 0.5) is 16.2 Å². The molecule has 0 radical (unpaired) electrons. The summed E-state index contributed by atoms with van der Waals surface area (Å²) in [5, 5.41) is 0. The number of carbonyl (C=O) groups excluding carboxylic acids is 1. The van der Waals surface area contributed by atoms with E-state index in [0.717, 1.165) is 31.9 Å². The van der Waals surface area contributed by atoms with Crippen LogP contribution in [0.15, 0.2) is 48.5 Å². The SMILES string of the molecule is Cc1ccc(N2CCN(C(=O)N(C)c3ccccc3)CC2)cc1C. The zero-order chi connectivity index (χ0) is 17.1. The molecule has 0 spiro atoms. The first-order chi connectivity index (χ1) is 11.6. The van der Waals surface area contributed by atoms with Crippen molar-refractivity contribution in [3.8, 4) is 0 Å². The molecule has 126 valence electrons. The molecular weight excluding hydrogens is 298 g/mol. The van der Waals surface area contributed by atoms with Crippen LogP contribution < -0.4 is 9.80 Å². The van der Waals surface area contributed by atoms with E-state index in [1.807, 2.05) is 42.3 Å². The van der Waals surface area contributed by atoms with E-state index in [4.69, 9.17) is 0 Å². The average molecular weight is 323 g/mol. The molecule has 0 atom stereocenters. The zero-order valence-electron chi connectivity index (χ0n) is 14.7. The Bertz CT molecular complexity index is 706. The van der Waals surface area contributed by atoms with Gasteiger partial charge in [-0.15, -0.1) is 0 Å². The molecular formula is C20H25N3O. The highest BCUT2D eigenvalue weighted by atomic mass is 16.2. The maximum absolute atomic E-state index is 12.7. The van der Waals surface area contributed by atoms with Crippen LogP contribution >= 0.6 is 0 Å². The van der Waals surface area contributed by atoms with Crippen molar-refractivity contribution in [3.63, 3.8) is 0 Å². The topological polar surface area (TPSA) is 26.8 Å². The van der Waals surface area contributed by atoms with Gasteiger partial charge in [-0.25, -0.2) is 4.79 Å². The first-order valence-corrected chi connectivity index (χ1v) is 8.46. The minimum absolute atomic E-state index is 0.0703. The molecule has 24 heavy (non-hydrogen) atoms. The fourth-order valence-corrected chi connectivity index (χ4v) is 3.05. The fourth-order valence-electron chi connectivity index (χ4n) is 3.05. The molecule has 0 N–H and O–H groups in total. The molecule has 0 bridgehead atoms. The lowest BCUT2D eigenvalue weighted by molar-refractivity contribution is 0.202. The molecule has 1 aliphatic rings. The van der Waals surface area contributed by atoms with E-state index in [0.29, 0.717) is 0 Å². The predicted molar refractivity (Wildman–Crippen MR) is 99.9 cm³/mol. The molecule has 3 rings (SSSR count). The van der Waals surface area contributed by atoms with Gasteiger partial charge in [0.2, 0.25) is 0 Å². The molecule has 1 heterocycles. The number of hydrogen-bond donors (Lipinski definition) is 0. The van der Waals surface area contributed by atoms with E-state index in [1.165, 1.54) is 16.8 Å². The average Bonchev–Trinajstić information content (AvgIpc) is 2.63. The van der Waals surface area contributed by atoms with E-state index in [2.05, 4.69) is 36.9 Å². The Hall–Kier alpha value is -2.49. The quantitative estimate of drug-likeness (QED) is 0.843. The minimum Gasteiger partial charge on any atom is -0.368 e. The van der Waals surface area contributed by atoms with Crippen LogP contribution in [0.5, 0.6) is 0 Å². The maximum atomic E-state index is 12.7. The van der Waals surface area contributed by atoms with Gasteiger partial charge in [-0.05, 0) is 49.2 Å². The molecule has 2 aromatic carbocycles. The number of para-hydroxylation sites is 1. The Morgan fingerprint density at radius 3 is 2.21 bits per heavy atom. The van der Waals surface area contributed by atoms with E-state index < -0.39 is 0 Å². The van der Waals surface area contributed by atoms with Crippen LogP contribution in [0, 0.1) is 13.8 Å². The van der Waals surface area contributed by atoms with Crippen LogP contribution in [0.2, 0.25) is 0 Å². The summed E-state index contributed by atoms with van der Waals surface area (Å²) in [6, 6.07) is 16.5. The van der Waals surface area contributed by atoms with Crippen molar-refractivity contribution in [2.24, 2.45) is 0 Å². The zero-order valence-corrected chi connectivity index (χ0v) is 14.7. The number of rotatable bonds is 2. The molecule has 0 aliphatic carbocycles. The highest BCUT2D eigenvalue weighted by Crippen LogP contribution is 2.21. The van der Waals surface area contributed by atoms with Crippen LogP contribution in [0.25, 0.3) is 0 Å². The smallest absolute Gasteiger partial charge is 0.324 e. The summed E-state index contributed by atoms with van der Waals surface area (Å²) in [5.41, 5.74) is 4.81. The van der Waals surface area contributed by atoms with Gasteiger partial charge in [0.25, 0.3) is 0 Å². The van der Waals surface area contributed by atoms with Gasteiger partial charge < -0.3 is 9.80 Å². The van der Waals surface area contributed by atoms with Crippen LogP contribution in [-0.2, 0) is 0 Å². The van der Waals surface area contributed by atoms with Gasteiger partial charge in [-0.2, -0.15) is 0 Å². The van der Waals surface area contributed by atoms with E-state index in [9.17, 15) is 4.79 Å². The molecule has 2 aromatic rings. The van der Waals surface area contributed by atoms with E-state index in [-0.39, 0.29) is 6.03 Å². The number of benzene rings is 2. The first-order valence-electron chi connectivity index (χ1n) is 8.46. The molecule has 4 nitrogen and oxygen atoms in total. The number of aryl methyl sites for hydroxylation is 2. The molecule has 1 aliphatic heterocycles. The first kappa shape index (κ1) is 16.4. The molecule has 0 aromatic heterocycles.